The first-order chi connectivity index (χ1) is 10.5. The highest BCUT2D eigenvalue weighted by Crippen LogP contribution is 2.31. The van der Waals surface area contributed by atoms with Gasteiger partial charge in [0.05, 0.1) is 23.6 Å². The van der Waals surface area contributed by atoms with Crippen molar-refractivity contribution in [1.82, 2.24) is 9.80 Å². The van der Waals surface area contributed by atoms with Gasteiger partial charge in [-0.1, -0.05) is 0 Å². The quantitative estimate of drug-likeness (QED) is 0.858. The number of rotatable bonds is 1. The molecule has 7 heteroatoms. The highest BCUT2D eigenvalue weighted by molar-refractivity contribution is 7.13. The predicted molar refractivity (Wildman–Crippen MR) is 82.5 cm³/mol. The zero-order chi connectivity index (χ0) is 15.7. The number of carbonyl (C=O) groups excluding carboxylic acids is 1. The first-order valence-corrected chi connectivity index (χ1v) is 8.28. The van der Waals surface area contributed by atoms with E-state index < -0.39 is 6.09 Å². The van der Waals surface area contributed by atoms with E-state index in [0.29, 0.717) is 45.6 Å². The van der Waals surface area contributed by atoms with Gasteiger partial charge in [0.15, 0.2) is 0 Å². The summed E-state index contributed by atoms with van der Waals surface area (Å²) in [6.45, 7) is 4.59. The molecule has 0 unspecified atom stereocenters. The molecule has 22 heavy (non-hydrogen) atoms. The fourth-order valence-corrected chi connectivity index (χ4v) is 3.97. The van der Waals surface area contributed by atoms with Crippen molar-refractivity contribution in [1.29, 1.82) is 0 Å². The lowest BCUT2D eigenvalue weighted by Gasteiger charge is -2.46. The maximum atomic E-state index is 12.6. The van der Waals surface area contributed by atoms with E-state index >= 15 is 0 Å². The summed E-state index contributed by atoms with van der Waals surface area (Å²) in [6, 6.07) is 3.83. The number of ether oxygens (including phenoxy) is 1. The first kappa shape index (κ1) is 15.3. The van der Waals surface area contributed by atoms with Gasteiger partial charge in [0.2, 0.25) is 0 Å². The van der Waals surface area contributed by atoms with Crippen LogP contribution in [0.3, 0.4) is 0 Å². The Hall–Kier alpha value is -1.60. The van der Waals surface area contributed by atoms with Gasteiger partial charge in [-0.15, -0.1) is 11.3 Å². The number of carbonyl (C=O) groups is 2. The SMILES string of the molecule is Cc1ccc(C(=O)N2CCOC3(CCN(C(=O)O)CC3)C2)s1. The van der Waals surface area contributed by atoms with Gasteiger partial charge in [-0.25, -0.2) is 4.79 Å². The van der Waals surface area contributed by atoms with Gasteiger partial charge in [-0.05, 0) is 31.9 Å². The lowest BCUT2D eigenvalue weighted by molar-refractivity contribution is -0.124. The minimum atomic E-state index is -0.882. The van der Waals surface area contributed by atoms with Crippen LogP contribution in [0.1, 0.15) is 27.4 Å². The van der Waals surface area contributed by atoms with Crippen molar-refractivity contribution >= 4 is 23.3 Å². The second-order valence-electron chi connectivity index (χ2n) is 5.94. The van der Waals surface area contributed by atoms with Crippen LogP contribution in [-0.2, 0) is 4.74 Å². The largest absolute Gasteiger partial charge is 0.465 e. The lowest BCUT2D eigenvalue weighted by atomic mass is 9.89. The summed E-state index contributed by atoms with van der Waals surface area (Å²) in [4.78, 5) is 28.7. The standard InChI is InChI=1S/C15H20N2O4S/c1-11-2-3-12(22-11)13(18)17-8-9-21-15(10-17)4-6-16(7-5-15)14(19)20/h2-3H,4-10H2,1H3,(H,19,20). The van der Waals surface area contributed by atoms with Crippen LogP contribution in [-0.4, -0.2) is 65.3 Å². The van der Waals surface area contributed by atoms with Gasteiger partial charge in [0.1, 0.15) is 0 Å². The van der Waals surface area contributed by atoms with E-state index in [1.807, 2.05) is 24.0 Å². The fourth-order valence-electron chi connectivity index (χ4n) is 3.13. The fraction of sp³-hybridized carbons (Fsp3) is 0.600. The van der Waals surface area contributed by atoms with Crippen molar-refractivity contribution in [2.24, 2.45) is 0 Å². The molecule has 1 aromatic rings. The van der Waals surface area contributed by atoms with Crippen LogP contribution in [0.25, 0.3) is 0 Å². The summed E-state index contributed by atoms with van der Waals surface area (Å²) < 4.78 is 5.95. The van der Waals surface area contributed by atoms with Gasteiger partial charge in [-0.3, -0.25) is 4.79 Å². The lowest BCUT2D eigenvalue weighted by Crippen LogP contribution is -2.58. The molecule has 2 aliphatic rings. The third-order valence-electron chi connectivity index (χ3n) is 4.43. The van der Waals surface area contributed by atoms with E-state index in [0.717, 1.165) is 9.75 Å². The molecule has 120 valence electrons. The number of morpholine rings is 1. The van der Waals surface area contributed by atoms with E-state index in [-0.39, 0.29) is 11.5 Å². The second-order valence-corrected chi connectivity index (χ2v) is 7.23. The molecule has 1 spiro atoms. The van der Waals surface area contributed by atoms with Crippen LogP contribution in [0.5, 0.6) is 0 Å². The molecule has 1 N–H and O–H groups in total. The minimum absolute atomic E-state index is 0.0569. The smallest absolute Gasteiger partial charge is 0.407 e. The zero-order valence-corrected chi connectivity index (χ0v) is 13.4. The Kier molecular flexibility index (Phi) is 4.10. The topological polar surface area (TPSA) is 70.1 Å². The third kappa shape index (κ3) is 2.96. The number of nitrogens with zero attached hydrogens (tertiary/aromatic N) is 2. The van der Waals surface area contributed by atoms with Gasteiger partial charge >= 0.3 is 6.09 Å². The van der Waals surface area contributed by atoms with Crippen LogP contribution >= 0.6 is 11.3 Å². The number of hydrogen-bond acceptors (Lipinski definition) is 4. The van der Waals surface area contributed by atoms with Gasteiger partial charge in [-0.2, -0.15) is 0 Å². The highest BCUT2D eigenvalue weighted by Gasteiger charge is 2.42. The zero-order valence-electron chi connectivity index (χ0n) is 12.6. The van der Waals surface area contributed by atoms with E-state index in [4.69, 9.17) is 9.84 Å². The van der Waals surface area contributed by atoms with E-state index in [9.17, 15) is 9.59 Å². The summed E-state index contributed by atoms with van der Waals surface area (Å²) >= 11 is 1.51. The molecule has 2 fully saturated rings. The number of amides is 2. The van der Waals surface area contributed by atoms with Crippen molar-refractivity contribution in [3.63, 3.8) is 0 Å². The van der Waals surface area contributed by atoms with Crippen molar-refractivity contribution < 1.29 is 19.4 Å². The third-order valence-corrected chi connectivity index (χ3v) is 5.42. The summed E-state index contributed by atoms with van der Waals surface area (Å²) in [5, 5.41) is 9.04. The summed E-state index contributed by atoms with van der Waals surface area (Å²) in [5.74, 6) is 0.0569. The monoisotopic (exact) mass is 324 g/mol. The van der Waals surface area contributed by atoms with E-state index in [1.54, 1.807) is 0 Å². The molecule has 1 aromatic heterocycles. The van der Waals surface area contributed by atoms with E-state index in [2.05, 4.69) is 0 Å². The molecule has 0 saturated carbocycles. The molecule has 3 heterocycles. The van der Waals surface area contributed by atoms with Crippen LogP contribution in [0.4, 0.5) is 4.79 Å². The molecular weight excluding hydrogens is 304 g/mol. The molecule has 0 radical (unpaired) electrons. The van der Waals surface area contributed by atoms with Crippen molar-refractivity contribution in [3.8, 4) is 0 Å². The Balaban J connectivity index is 1.67. The van der Waals surface area contributed by atoms with Gasteiger partial charge < -0.3 is 19.6 Å². The average molecular weight is 324 g/mol. The normalized spacial score (nSPS) is 21.1. The average Bonchev–Trinajstić information content (AvgIpc) is 2.93. The number of hydrogen-bond donors (Lipinski definition) is 1. The molecule has 0 bridgehead atoms. The van der Waals surface area contributed by atoms with Crippen LogP contribution < -0.4 is 0 Å². The van der Waals surface area contributed by atoms with Crippen molar-refractivity contribution in [2.75, 3.05) is 32.8 Å². The summed E-state index contributed by atoms with van der Waals surface area (Å²) in [6.07, 6.45) is 0.409. The molecular formula is C15H20N2O4S. The maximum Gasteiger partial charge on any atom is 0.407 e. The van der Waals surface area contributed by atoms with Crippen molar-refractivity contribution in [3.05, 3.63) is 21.9 Å². The summed E-state index contributed by atoms with van der Waals surface area (Å²) in [7, 11) is 0. The molecule has 0 aromatic carbocycles. The van der Waals surface area contributed by atoms with Crippen molar-refractivity contribution in [2.45, 2.75) is 25.4 Å². The Morgan fingerprint density at radius 2 is 1.95 bits per heavy atom. The number of likely N-dealkylation sites (tertiary alicyclic amines) is 1. The predicted octanol–water partition coefficient (Wildman–Crippen LogP) is 2.04. The molecule has 2 saturated heterocycles. The summed E-state index contributed by atoms with van der Waals surface area (Å²) in [5.41, 5.74) is -0.383. The minimum Gasteiger partial charge on any atom is -0.465 e. The molecule has 6 nitrogen and oxygen atoms in total. The van der Waals surface area contributed by atoms with Gasteiger partial charge in [0.25, 0.3) is 5.91 Å². The Bertz CT molecular complexity index is 578. The van der Waals surface area contributed by atoms with Gasteiger partial charge in [0, 0.05) is 24.5 Å². The Labute approximate surface area is 133 Å². The highest BCUT2D eigenvalue weighted by atomic mass is 32.1. The number of piperidine rings is 1. The van der Waals surface area contributed by atoms with Crippen LogP contribution in [0, 0.1) is 6.92 Å². The molecule has 2 aliphatic heterocycles. The Morgan fingerprint density at radius 3 is 2.55 bits per heavy atom. The maximum absolute atomic E-state index is 12.6. The molecule has 0 atom stereocenters. The number of aryl methyl sites for hydroxylation is 1. The van der Waals surface area contributed by atoms with E-state index in [1.165, 1.54) is 16.2 Å². The number of thiophene rings is 1. The molecule has 2 amide bonds. The second kappa shape index (κ2) is 5.89. The Morgan fingerprint density at radius 1 is 1.23 bits per heavy atom. The molecule has 0 aliphatic carbocycles. The molecule has 3 rings (SSSR count). The van der Waals surface area contributed by atoms with Crippen LogP contribution in [0.2, 0.25) is 0 Å². The number of carboxylic acid groups (broad SMARTS) is 1. The van der Waals surface area contributed by atoms with Crippen LogP contribution in [0.15, 0.2) is 12.1 Å². The first-order valence-electron chi connectivity index (χ1n) is 7.47.